The van der Waals surface area contributed by atoms with Crippen molar-refractivity contribution in [3.05, 3.63) is 35.9 Å². The molecule has 1 aromatic rings. The molecule has 0 spiro atoms. The molecule has 3 atom stereocenters. The lowest BCUT2D eigenvalue weighted by Crippen LogP contribution is -2.56. The molecular formula is C31H50N4O3. The molecule has 0 aromatic heterocycles. The molecule has 2 aliphatic rings. The summed E-state index contributed by atoms with van der Waals surface area (Å²) >= 11 is 0. The van der Waals surface area contributed by atoms with Gasteiger partial charge in [-0.05, 0) is 50.1 Å². The number of nitrogens with zero attached hydrogens (tertiary/aromatic N) is 3. The zero-order chi connectivity index (χ0) is 27.9. The van der Waals surface area contributed by atoms with Crippen LogP contribution in [-0.2, 0) is 19.8 Å². The van der Waals surface area contributed by atoms with E-state index in [0.29, 0.717) is 13.0 Å². The van der Waals surface area contributed by atoms with E-state index in [2.05, 4.69) is 50.0 Å². The SMILES string of the molecule is CC[C@H](C(=O)NCC(=O)N(C)[C@H](CN1CCCC[C@H]1C(=O)N1CCCC1)C(C)C)C(C)(C)c1ccccc1. The Kier molecular flexibility index (Phi) is 10.8. The fourth-order valence-corrected chi connectivity index (χ4v) is 6.35. The van der Waals surface area contributed by atoms with Gasteiger partial charge in [0.25, 0.3) is 0 Å². The van der Waals surface area contributed by atoms with Gasteiger partial charge in [0, 0.05) is 44.1 Å². The molecule has 1 N–H and O–H groups in total. The Labute approximate surface area is 230 Å². The van der Waals surface area contributed by atoms with Crippen LogP contribution < -0.4 is 5.32 Å². The highest BCUT2D eigenvalue weighted by atomic mass is 16.2. The van der Waals surface area contributed by atoms with Gasteiger partial charge in [-0.25, -0.2) is 0 Å². The van der Waals surface area contributed by atoms with E-state index in [0.717, 1.165) is 57.3 Å². The first-order chi connectivity index (χ1) is 18.1. The third-order valence-corrected chi connectivity index (χ3v) is 8.93. The number of carbonyl (C=O) groups is 3. The monoisotopic (exact) mass is 526 g/mol. The van der Waals surface area contributed by atoms with Crippen LogP contribution in [0.1, 0.15) is 78.7 Å². The van der Waals surface area contributed by atoms with Crippen LogP contribution in [0.3, 0.4) is 0 Å². The summed E-state index contributed by atoms with van der Waals surface area (Å²) in [4.78, 5) is 46.0. The van der Waals surface area contributed by atoms with Crippen molar-refractivity contribution < 1.29 is 14.4 Å². The Morgan fingerprint density at radius 3 is 2.26 bits per heavy atom. The van der Waals surface area contributed by atoms with Crippen LogP contribution in [-0.4, -0.2) is 84.3 Å². The molecule has 0 radical (unpaired) electrons. The summed E-state index contributed by atoms with van der Waals surface area (Å²) in [6, 6.07) is 9.98. The van der Waals surface area contributed by atoms with Gasteiger partial charge in [0.1, 0.15) is 0 Å². The van der Waals surface area contributed by atoms with E-state index in [-0.39, 0.29) is 53.6 Å². The highest BCUT2D eigenvalue weighted by Crippen LogP contribution is 2.34. The predicted molar refractivity (Wildman–Crippen MR) is 153 cm³/mol. The molecule has 38 heavy (non-hydrogen) atoms. The maximum absolute atomic E-state index is 13.3. The second-order valence-corrected chi connectivity index (χ2v) is 12.1. The third kappa shape index (κ3) is 7.16. The van der Waals surface area contributed by atoms with Gasteiger partial charge in [-0.1, -0.05) is 71.4 Å². The quantitative estimate of drug-likeness (QED) is 0.472. The normalized spacial score (nSPS) is 20.3. The maximum atomic E-state index is 13.3. The molecule has 7 heteroatoms. The van der Waals surface area contributed by atoms with Crippen molar-refractivity contribution in [2.75, 3.05) is 39.8 Å². The molecule has 1 aromatic carbocycles. The molecule has 2 saturated heterocycles. The summed E-state index contributed by atoms with van der Waals surface area (Å²) in [5, 5.41) is 2.95. The molecule has 7 nitrogen and oxygen atoms in total. The Balaban J connectivity index is 1.62. The van der Waals surface area contributed by atoms with Crippen LogP contribution >= 0.6 is 0 Å². The summed E-state index contributed by atoms with van der Waals surface area (Å²) < 4.78 is 0. The van der Waals surface area contributed by atoms with E-state index in [1.165, 1.54) is 0 Å². The summed E-state index contributed by atoms with van der Waals surface area (Å²) in [7, 11) is 1.84. The Morgan fingerprint density at radius 1 is 1.03 bits per heavy atom. The van der Waals surface area contributed by atoms with Crippen LogP contribution in [0.15, 0.2) is 30.3 Å². The Hall–Kier alpha value is -2.41. The summed E-state index contributed by atoms with van der Waals surface area (Å²) in [5.41, 5.74) is 0.769. The van der Waals surface area contributed by atoms with E-state index in [1.807, 2.05) is 37.1 Å². The molecule has 2 heterocycles. The van der Waals surface area contributed by atoms with Crippen molar-refractivity contribution in [1.82, 2.24) is 20.0 Å². The molecular weight excluding hydrogens is 476 g/mol. The number of likely N-dealkylation sites (N-methyl/N-ethyl adjacent to an activating group) is 1. The first kappa shape index (κ1) is 30.1. The zero-order valence-corrected chi connectivity index (χ0v) is 24.5. The molecule has 0 unspecified atom stereocenters. The van der Waals surface area contributed by atoms with Crippen LogP contribution in [0, 0.1) is 11.8 Å². The number of carbonyl (C=O) groups excluding carboxylic acids is 3. The van der Waals surface area contributed by atoms with Crippen molar-refractivity contribution in [3.8, 4) is 0 Å². The van der Waals surface area contributed by atoms with Crippen LogP contribution in [0.25, 0.3) is 0 Å². The molecule has 3 rings (SSSR count). The van der Waals surface area contributed by atoms with E-state index >= 15 is 0 Å². The first-order valence-electron chi connectivity index (χ1n) is 14.7. The number of hydrogen-bond donors (Lipinski definition) is 1. The fraction of sp³-hybridized carbons (Fsp3) is 0.710. The van der Waals surface area contributed by atoms with E-state index in [4.69, 9.17) is 0 Å². The van der Waals surface area contributed by atoms with Crippen LogP contribution in [0.5, 0.6) is 0 Å². The summed E-state index contributed by atoms with van der Waals surface area (Å²) in [5.74, 6) is 0.0667. The standard InChI is InChI=1S/C31H50N4O3/c1-7-25(31(4,5)24-15-9-8-10-16-24)29(37)32-21-28(36)33(6)27(23(2)3)22-35-20-12-11-17-26(35)30(38)34-18-13-14-19-34/h8-10,15-16,23,25-27H,7,11-14,17-22H2,1-6H3,(H,32,37)/t25-,26+,27-/m1/s1. The Morgan fingerprint density at radius 2 is 1.66 bits per heavy atom. The van der Waals surface area contributed by atoms with Gasteiger partial charge in [0.05, 0.1) is 12.6 Å². The lowest BCUT2D eigenvalue weighted by atomic mass is 9.71. The van der Waals surface area contributed by atoms with Crippen molar-refractivity contribution in [2.45, 2.75) is 90.6 Å². The van der Waals surface area contributed by atoms with Crippen LogP contribution in [0.2, 0.25) is 0 Å². The van der Waals surface area contributed by atoms with Crippen LogP contribution in [0.4, 0.5) is 0 Å². The van der Waals surface area contributed by atoms with E-state index in [1.54, 1.807) is 4.90 Å². The van der Waals surface area contributed by atoms with Gasteiger partial charge < -0.3 is 15.1 Å². The molecule has 0 saturated carbocycles. The molecule has 3 amide bonds. The minimum absolute atomic E-state index is 0.0178. The van der Waals surface area contributed by atoms with Gasteiger partial charge in [-0.3, -0.25) is 19.3 Å². The highest BCUT2D eigenvalue weighted by Gasteiger charge is 2.37. The second kappa shape index (κ2) is 13.6. The smallest absolute Gasteiger partial charge is 0.242 e. The number of piperidine rings is 1. The zero-order valence-electron chi connectivity index (χ0n) is 24.5. The lowest BCUT2D eigenvalue weighted by molar-refractivity contribution is -0.139. The van der Waals surface area contributed by atoms with E-state index in [9.17, 15) is 14.4 Å². The summed E-state index contributed by atoms with van der Waals surface area (Å²) in [6.07, 6.45) is 5.93. The lowest BCUT2D eigenvalue weighted by Gasteiger charge is -2.41. The van der Waals surface area contributed by atoms with Gasteiger partial charge >= 0.3 is 0 Å². The number of amides is 3. The van der Waals surface area contributed by atoms with Gasteiger partial charge in [-0.15, -0.1) is 0 Å². The third-order valence-electron chi connectivity index (χ3n) is 8.93. The van der Waals surface area contributed by atoms with Gasteiger partial charge in [0.15, 0.2) is 0 Å². The first-order valence-corrected chi connectivity index (χ1v) is 14.7. The number of benzene rings is 1. The molecule has 0 aliphatic carbocycles. The molecule has 2 fully saturated rings. The van der Waals surface area contributed by atoms with E-state index < -0.39 is 0 Å². The molecule has 0 bridgehead atoms. The minimum Gasteiger partial charge on any atom is -0.347 e. The second-order valence-electron chi connectivity index (χ2n) is 12.1. The molecule has 2 aliphatic heterocycles. The van der Waals surface area contributed by atoms with Crippen molar-refractivity contribution in [3.63, 3.8) is 0 Å². The number of rotatable bonds is 11. The van der Waals surface area contributed by atoms with Crippen molar-refractivity contribution >= 4 is 17.7 Å². The average molecular weight is 527 g/mol. The van der Waals surface area contributed by atoms with Gasteiger partial charge in [-0.2, -0.15) is 0 Å². The highest BCUT2D eigenvalue weighted by molar-refractivity contribution is 5.86. The predicted octanol–water partition coefficient (Wildman–Crippen LogP) is 4.07. The fourth-order valence-electron chi connectivity index (χ4n) is 6.35. The maximum Gasteiger partial charge on any atom is 0.242 e. The van der Waals surface area contributed by atoms with Crippen molar-refractivity contribution in [1.29, 1.82) is 0 Å². The minimum atomic E-state index is -0.347. The Bertz CT molecular complexity index is 926. The average Bonchev–Trinajstić information content (AvgIpc) is 3.45. The van der Waals surface area contributed by atoms with Gasteiger partial charge in [0.2, 0.25) is 17.7 Å². The number of hydrogen-bond acceptors (Lipinski definition) is 4. The molecule has 212 valence electrons. The van der Waals surface area contributed by atoms with Crippen molar-refractivity contribution in [2.24, 2.45) is 11.8 Å². The summed E-state index contributed by atoms with van der Waals surface area (Å²) in [6.45, 7) is 13.8. The largest absolute Gasteiger partial charge is 0.347 e. The number of nitrogens with one attached hydrogen (secondary N) is 1. The topological polar surface area (TPSA) is 73.0 Å². The number of likely N-dealkylation sites (tertiary alicyclic amines) is 2.